The molecule has 1 aliphatic heterocycles. The summed E-state index contributed by atoms with van der Waals surface area (Å²) in [6, 6.07) is 4.77. The monoisotopic (exact) mass is 194 g/mol. The highest BCUT2D eigenvalue weighted by atomic mass is 16.5. The van der Waals surface area contributed by atoms with Gasteiger partial charge in [-0.2, -0.15) is 0 Å². The van der Waals surface area contributed by atoms with E-state index in [0.29, 0.717) is 13.2 Å². The number of ether oxygens (including phenoxy) is 1. The van der Waals surface area contributed by atoms with Gasteiger partial charge < -0.3 is 4.74 Å². The average molecular weight is 194 g/mol. The fraction of sp³-hybridized carbons (Fsp3) is 0.333. The standard InChI is InChI=1S/C9H10N2O3/c12-8-3-1-2-4-10(8)11-5-6-14-7-9(11)13/h1-4H,5-7H2. The molecule has 1 fully saturated rings. The van der Waals surface area contributed by atoms with E-state index in [2.05, 4.69) is 0 Å². The molecule has 1 aromatic heterocycles. The average Bonchev–Trinajstić information content (AvgIpc) is 2.20. The normalized spacial score (nSPS) is 17.1. The molecule has 2 heterocycles. The second-order valence-electron chi connectivity index (χ2n) is 2.95. The summed E-state index contributed by atoms with van der Waals surface area (Å²) >= 11 is 0. The van der Waals surface area contributed by atoms with Crippen LogP contribution in [0.5, 0.6) is 0 Å². The smallest absolute Gasteiger partial charge is 0.269 e. The zero-order valence-electron chi connectivity index (χ0n) is 7.55. The second kappa shape index (κ2) is 3.63. The summed E-state index contributed by atoms with van der Waals surface area (Å²) in [6.45, 7) is 0.928. The van der Waals surface area contributed by atoms with E-state index >= 15 is 0 Å². The van der Waals surface area contributed by atoms with Gasteiger partial charge in [-0.05, 0) is 6.07 Å². The highest BCUT2D eigenvalue weighted by Crippen LogP contribution is 1.96. The van der Waals surface area contributed by atoms with Crippen LogP contribution in [0.4, 0.5) is 0 Å². The van der Waals surface area contributed by atoms with Crippen molar-refractivity contribution in [1.82, 2.24) is 4.68 Å². The summed E-state index contributed by atoms with van der Waals surface area (Å²) < 4.78 is 6.28. The Kier molecular flexibility index (Phi) is 2.32. The molecule has 74 valence electrons. The summed E-state index contributed by atoms with van der Waals surface area (Å²) in [5.41, 5.74) is -0.206. The van der Waals surface area contributed by atoms with Crippen LogP contribution in [0.2, 0.25) is 0 Å². The van der Waals surface area contributed by atoms with Gasteiger partial charge in [-0.15, -0.1) is 0 Å². The summed E-state index contributed by atoms with van der Waals surface area (Å²) in [7, 11) is 0. The lowest BCUT2D eigenvalue weighted by molar-refractivity contribution is -0.127. The van der Waals surface area contributed by atoms with Gasteiger partial charge in [-0.25, -0.2) is 9.69 Å². The Bertz CT molecular complexity index is 399. The van der Waals surface area contributed by atoms with Gasteiger partial charge in [0, 0.05) is 12.3 Å². The van der Waals surface area contributed by atoms with Crippen LogP contribution in [0, 0.1) is 0 Å². The summed E-state index contributed by atoms with van der Waals surface area (Å²) in [5.74, 6) is -0.190. The molecule has 0 aliphatic carbocycles. The van der Waals surface area contributed by atoms with Crippen molar-refractivity contribution in [3.8, 4) is 0 Å². The Morgan fingerprint density at radius 2 is 2.14 bits per heavy atom. The van der Waals surface area contributed by atoms with Gasteiger partial charge in [0.1, 0.15) is 6.61 Å². The van der Waals surface area contributed by atoms with Crippen molar-refractivity contribution in [2.45, 2.75) is 0 Å². The van der Waals surface area contributed by atoms with Crippen LogP contribution >= 0.6 is 0 Å². The first-order valence-corrected chi connectivity index (χ1v) is 4.35. The lowest BCUT2D eigenvalue weighted by atomic mass is 10.4. The molecular weight excluding hydrogens is 184 g/mol. The Balaban J connectivity index is 2.34. The predicted octanol–water partition coefficient (Wildman–Crippen LogP) is -0.657. The number of rotatable bonds is 1. The van der Waals surface area contributed by atoms with Gasteiger partial charge in [-0.1, -0.05) is 6.07 Å². The number of morpholine rings is 1. The molecule has 0 unspecified atom stereocenters. The number of carbonyl (C=O) groups is 1. The fourth-order valence-corrected chi connectivity index (χ4v) is 1.36. The van der Waals surface area contributed by atoms with Gasteiger partial charge in [0.25, 0.3) is 11.5 Å². The Hall–Kier alpha value is -1.62. The van der Waals surface area contributed by atoms with Crippen LogP contribution < -0.4 is 10.6 Å². The quantitative estimate of drug-likeness (QED) is 0.596. The van der Waals surface area contributed by atoms with Crippen molar-refractivity contribution < 1.29 is 9.53 Å². The number of aromatic nitrogens is 1. The molecule has 0 radical (unpaired) electrons. The van der Waals surface area contributed by atoms with Crippen molar-refractivity contribution in [2.24, 2.45) is 0 Å². The van der Waals surface area contributed by atoms with Crippen molar-refractivity contribution >= 4 is 5.91 Å². The van der Waals surface area contributed by atoms with E-state index < -0.39 is 0 Å². The van der Waals surface area contributed by atoms with Gasteiger partial charge in [0.05, 0.1) is 13.2 Å². The first kappa shape index (κ1) is 8.96. The highest BCUT2D eigenvalue weighted by molar-refractivity contribution is 5.87. The molecule has 5 heteroatoms. The lowest BCUT2D eigenvalue weighted by Gasteiger charge is -2.27. The van der Waals surface area contributed by atoms with Crippen molar-refractivity contribution in [1.29, 1.82) is 0 Å². The largest absolute Gasteiger partial charge is 0.370 e. The molecule has 1 aliphatic rings. The van der Waals surface area contributed by atoms with Crippen LogP contribution in [0.1, 0.15) is 0 Å². The van der Waals surface area contributed by atoms with Gasteiger partial charge >= 0.3 is 0 Å². The highest BCUT2D eigenvalue weighted by Gasteiger charge is 2.20. The van der Waals surface area contributed by atoms with Crippen LogP contribution in [-0.4, -0.2) is 30.3 Å². The second-order valence-corrected chi connectivity index (χ2v) is 2.95. The van der Waals surface area contributed by atoms with Gasteiger partial charge in [-0.3, -0.25) is 9.59 Å². The third kappa shape index (κ3) is 1.54. The molecule has 0 N–H and O–H groups in total. The number of hydrogen-bond donors (Lipinski definition) is 0. The van der Waals surface area contributed by atoms with E-state index in [1.165, 1.54) is 15.8 Å². The first-order valence-electron chi connectivity index (χ1n) is 4.35. The fourth-order valence-electron chi connectivity index (χ4n) is 1.36. The van der Waals surface area contributed by atoms with Crippen molar-refractivity contribution in [2.75, 3.05) is 24.8 Å². The topological polar surface area (TPSA) is 51.5 Å². The lowest BCUT2D eigenvalue weighted by Crippen LogP contribution is -2.52. The van der Waals surface area contributed by atoms with Crippen molar-refractivity contribution in [3.63, 3.8) is 0 Å². The minimum atomic E-state index is -0.206. The van der Waals surface area contributed by atoms with E-state index in [-0.39, 0.29) is 18.1 Å². The SMILES string of the molecule is O=C1COCCN1n1ccccc1=O. The van der Waals surface area contributed by atoms with Gasteiger partial charge in [0.2, 0.25) is 0 Å². The molecular formula is C9H10N2O3. The maximum Gasteiger partial charge on any atom is 0.269 e. The molecule has 0 bridgehead atoms. The number of amides is 1. The zero-order valence-corrected chi connectivity index (χ0v) is 7.55. The first-order chi connectivity index (χ1) is 6.79. The van der Waals surface area contributed by atoms with Crippen LogP contribution in [0.25, 0.3) is 0 Å². The maximum absolute atomic E-state index is 11.4. The van der Waals surface area contributed by atoms with E-state index in [9.17, 15) is 9.59 Å². The summed E-state index contributed by atoms with van der Waals surface area (Å²) in [6.07, 6.45) is 1.57. The summed E-state index contributed by atoms with van der Waals surface area (Å²) in [4.78, 5) is 22.8. The molecule has 2 rings (SSSR count). The van der Waals surface area contributed by atoms with E-state index in [4.69, 9.17) is 4.74 Å². The molecule has 0 atom stereocenters. The Labute approximate surface area is 80.5 Å². The van der Waals surface area contributed by atoms with E-state index in [0.717, 1.165) is 0 Å². The molecule has 0 spiro atoms. The summed E-state index contributed by atoms with van der Waals surface area (Å²) in [5, 5.41) is 1.39. The molecule has 1 amide bonds. The number of hydrogen-bond acceptors (Lipinski definition) is 3. The Morgan fingerprint density at radius 3 is 2.86 bits per heavy atom. The van der Waals surface area contributed by atoms with E-state index in [1.54, 1.807) is 18.3 Å². The van der Waals surface area contributed by atoms with Gasteiger partial charge in [0.15, 0.2) is 0 Å². The van der Waals surface area contributed by atoms with E-state index in [1.807, 2.05) is 0 Å². The van der Waals surface area contributed by atoms with Crippen LogP contribution in [0.3, 0.4) is 0 Å². The minimum absolute atomic E-state index is 0.0430. The third-order valence-corrected chi connectivity index (χ3v) is 2.02. The number of carbonyl (C=O) groups excluding carboxylic acids is 1. The predicted molar refractivity (Wildman–Crippen MR) is 49.6 cm³/mol. The number of pyridine rings is 1. The van der Waals surface area contributed by atoms with Crippen LogP contribution in [-0.2, 0) is 9.53 Å². The van der Waals surface area contributed by atoms with Crippen molar-refractivity contribution in [3.05, 3.63) is 34.7 Å². The maximum atomic E-state index is 11.4. The number of nitrogens with zero attached hydrogens (tertiary/aromatic N) is 2. The third-order valence-electron chi connectivity index (χ3n) is 2.02. The van der Waals surface area contributed by atoms with Crippen LogP contribution in [0.15, 0.2) is 29.2 Å². The molecule has 0 saturated carbocycles. The minimum Gasteiger partial charge on any atom is -0.370 e. The zero-order chi connectivity index (χ0) is 9.97. The molecule has 5 nitrogen and oxygen atoms in total. The molecule has 1 saturated heterocycles. The molecule has 14 heavy (non-hydrogen) atoms. The molecule has 1 aromatic rings. The Morgan fingerprint density at radius 1 is 1.29 bits per heavy atom. The molecule has 0 aromatic carbocycles.